The molecule has 0 unspecified atom stereocenters. The molecule has 0 saturated heterocycles. The molecule has 21 heavy (non-hydrogen) atoms. The van der Waals surface area contributed by atoms with Gasteiger partial charge in [-0.1, -0.05) is 31.5 Å². The van der Waals surface area contributed by atoms with Crippen molar-refractivity contribution in [2.45, 2.75) is 39.8 Å². The quantitative estimate of drug-likeness (QED) is 0.702. The predicted octanol–water partition coefficient (Wildman–Crippen LogP) is 4.22. The Morgan fingerprint density at radius 1 is 1.19 bits per heavy atom. The zero-order valence-electron chi connectivity index (χ0n) is 13.0. The lowest BCUT2D eigenvalue weighted by Crippen LogP contribution is -2.13. The maximum Gasteiger partial charge on any atom is 0.0645 e. The number of nitrogens with zero attached hydrogens (tertiary/aromatic N) is 1. The largest absolute Gasteiger partial charge is 0.380 e. The Morgan fingerprint density at radius 2 is 2.05 bits per heavy atom. The molecule has 0 bridgehead atoms. The SMILES string of the molecule is CCCNCc1cn(CCOCCC)c2cc(Cl)ccc12. The standard InChI is InChI=1S/C17H25ClN2O/c1-3-7-19-12-14-13-20(8-10-21-9-4-2)17-11-15(18)5-6-16(14)17/h5-6,11,13,19H,3-4,7-10,12H2,1-2H3. The predicted molar refractivity (Wildman–Crippen MR) is 90.1 cm³/mol. The zero-order valence-corrected chi connectivity index (χ0v) is 13.7. The van der Waals surface area contributed by atoms with Crippen LogP contribution in [0.4, 0.5) is 0 Å². The molecule has 116 valence electrons. The van der Waals surface area contributed by atoms with Gasteiger partial charge in [0.25, 0.3) is 0 Å². The average Bonchev–Trinajstić information content (AvgIpc) is 2.81. The van der Waals surface area contributed by atoms with E-state index in [1.54, 1.807) is 0 Å². The van der Waals surface area contributed by atoms with Gasteiger partial charge >= 0.3 is 0 Å². The molecule has 1 aromatic heterocycles. The van der Waals surface area contributed by atoms with Crippen LogP contribution in [0.2, 0.25) is 5.02 Å². The van der Waals surface area contributed by atoms with Crippen LogP contribution >= 0.6 is 11.6 Å². The van der Waals surface area contributed by atoms with Crippen molar-refractivity contribution in [1.29, 1.82) is 0 Å². The Balaban J connectivity index is 2.16. The molecule has 0 aliphatic heterocycles. The fourth-order valence-corrected chi connectivity index (χ4v) is 2.64. The van der Waals surface area contributed by atoms with Crippen LogP contribution in [0.15, 0.2) is 24.4 Å². The molecule has 1 aromatic carbocycles. The minimum Gasteiger partial charge on any atom is -0.380 e. The van der Waals surface area contributed by atoms with E-state index in [9.17, 15) is 0 Å². The van der Waals surface area contributed by atoms with Gasteiger partial charge in [-0.05, 0) is 37.1 Å². The number of fused-ring (bicyclic) bond motifs is 1. The van der Waals surface area contributed by atoms with Gasteiger partial charge in [0.15, 0.2) is 0 Å². The van der Waals surface area contributed by atoms with Crippen molar-refractivity contribution in [3.05, 3.63) is 35.0 Å². The van der Waals surface area contributed by atoms with Crippen LogP contribution in [-0.2, 0) is 17.8 Å². The number of halogens is 1. The molecule has 0 atom stereocenters. The number of rotatable bonds is 9. The Labute approximate surface area is 132 Å². The van der Waals surface area contributed by atoms with Crippen molar-refractivity contribution in [1.82, 2.24) is 9.88 Å². The zero-order chi connectivity index (χ0) is 15.1. The minimum absolute atomic E-state index is 0.742. The van der Waals surface area contributed by atoms with Crippen molar-refractivity contribution in [3.8, 4) is 0 Å². The van der Waals surface area contributed by atoms with Crippen molar-refractivity contribution < 1.29 is 4.74 Å². The van der Waals surface area contributed by atoms with Crippen molar-refractivity contribution in [2.24, 2.45) is 0 Å². The third kappa shape index (κ3) is 4.47. The summed E-state index contributed by atoms with van der Waals surface area (Å²) in [7, 11) is 0. The lowest BCUT2D eigenvalue weighted by atomic mass is 10.2. The van der Waals surface area contributed by atoms with E-state index in [0.29, 0.717) is 0 Å². The topological polar surface area (TPSA) is 26.2 Å². The fourth-order valence-electron chi connectivity index (χ4n) is 2.48. The van der Waals surface area contributed by atoms with Gasteiger partial charge in [0.1, 0.15) is 0 Å². The van der Waals surface area contributed by atoms with Crippen LogP contribution in [0.5, 0.6) is 0 Å². The number of ether oxygens (including phenoxy) is 1. The first kappa shape index (κ1) is 16.3. The number of hydrogen-bond donors (Lipinski definition) is 1. The Kier molecular flexibility index (Phi) is 6.55. The third-order valence-electron chi connectivity index (χ3n) is 3.49. The first-order valence-corrected chi connectivity index (χ1v) is 8.19. The van der Waals surface area contributed by atoms with Gasteiger partial charge in [0, 0.05) is 41.8 Å². The Morgan fingerprint density at radius 3 is 2.81 bits per heavy atom. The van der Waals surface area contributed by atoms with Crippen LogP contribution in [-0.4, -0.2) is 24.3 Å². The van der Waals surface area contributed by atoms with Crippen LogP contribution < -0.4 is 5.32 Å². The molecule has 2 rings (SSSR count). The molecule has 0 fully saturated rings. The second kappa shape index (κ2) is 8.42. The lowest BCUT2D eigenvalue weighted by Gasteiger charge is -2.06. The second-order valence-electron chi connectivity index (χ2n) is 5.30. The smallest absolute Gasteiger partial charge is 0.0645 e. The molecule has 4 heteroatoms. The third-order valence-corrected chi connectivity index (χ3v) is 3.73. The molecule has 0 aliphatic carbocycles. The van der Waals surface area contributed by atoms with Crippen molar-refractivity contribution in [3.63, 3.8) is 0 Å². The van der Waals surface area contributed by atoms with Gasteiger partial charge < -0.3 is 14.6 Å². The van der Waals surface area contributed by atoms with Gasteiger partial charge in [-0.15, -0.1) is 0 Å². The average molecular weight is 309 g/mol. The molecule has 1 N–H and O–H groups in total. The van der Waals surface area contributed by atoms with Gasteiger partial charge in [0.05, 0.1) is 6.61 Å². The van der Waals surface area contributed by atoms with Crippen LogP contribution in [0.3, 0.4) is 0 Å². The Hall–Kier alpha value is -1.03. The molecule has 0 spiro atoms. The summed E-state index contributed by atoms with van der Waals surface area (Å²) in [6, 6.07) is 6.12. The summed E-state index contributed by atoms with van der Waals surface area (Å²) in [5.74, 6) is 0. The minimum atomic E-state index is 0.742. The molecule has 1 heterocycles. The van der Waals surface area contributed by atoms with Gasteiger partial charge in [-0.25, -0.2) is 0 Å². The van der Waals surface area contributed by atoms with E-state index in [-0.39, 0.29) is 0 Å². The summed E-state index contributed by atoms with van der Waals surface area (Å²) in [4.78, 5) is 0. The monoisotopic (exact) mass is 308 g/mol. The lowest BCUT2D eigenvalue weighted by molar-refractivity contribution is 0.127. The van der Waals surface area contributed by atoms with Gasteiger partial charge in [-0.3, -0.25) is 0 Å². The van der Waals surface area contributed by atoms with E-state index in [2.05, 4.69) is 36.0 Å². The fraction of sp³-hybridized carbons (Fsp3) is 0.529. The second-order valence-corrected chi connectivity index (χ2v) is 5.73. The van der Waals surface area contributed by atoms with Crippen LogP contribution in [0.25, 0.3) is 10.9 Å². The van der Waals surface area contributed by atoms with Crippen molar-refractivity contribution in [2.75, 3.05) is 19.8 Å². The van der Waals surface area contributed by atoms with Gasteiger partial charge in [0.2, 0.25) is 0 Å². The first-order chi connectivity index (χ1) is 10.3. The van der Waals surface area contributed by atoms with Crippen molar-refractivity contribution >= 4 is 22.5 Å². The molecular formula is C17H25ClN2O. The van der Waals surface area contributed by atoms with E-state index in [1.165, 1.54) is 16.5 Å². The van der Waals surface area contributed by atoms with E-state index < -0.39 is 0 Å². The maximum atomic E-state index is 6.15. The summed E-state index contributed by atoms with van der Waals surface area (Å²) < 4.78 is 7.85. The van der Waals surface area contributed by atoms with E-state index >= 15 is 0 Å². The highest BCUT2D eigenvalue weighted by molar-refractivity contribution is 6.31. The summed E-state index contributed by atoms with van der Waals surface area (Å²) in [5.41, 5.74) is 2.52. The molecule has 0 amide bonds. The number of benzene rings is 1. The molecule has 3 nitrogen and oxygen atoms in total. The summed E-state index contributed by atoms with van der Waals surface area (Å²) >= 11 is 6.15. The number of nitrogens with one attached hydrogen (secondary N) is 1. The summed E-state index contributed by atoms with van der Waals surface area (Å²) in [6.45, 7) is 8.68. The molecule has 0 saturated carbocycles. The number of hydrogen-bond acceptors (Lipinski definition) is 2. The Bertz CT molecular complexity index is 565. The van der Waals surface area contributed by atoms with Gasteiger partial charge in [-0.2, -0.15) is 0 Å². The first-order valence-electron chi connectivity index (χ1n) is 7.82. The summed E-state index contributed by atoms with van der Waals surface area (Å²) in [5, 5.41) is 5.53. The number of aromatic nitrogens is 1. The normalized spacial score (nSPS) is 11.4. The maximum absolute atomic E-state index is 6.15. The van der Waals surface area contributed by atoms with E-state index in [0.717, 1.165) is 50.7 Å². The molecule has 0 aliphatic rings. The van der Waals surface area contributed by atoms with Crippen LogP contribution in [0, 0.1) is 0 Å². The highest BCUT2D eigenvalue weighted by atomic mass is 35.5. The highest BCUT2D eigenvalue weighted by Crippen LogP contribution is 2.25. The molecule has 2 aromatic rings. The van der Waals surface area contributed by atoms with E-state index in [4.69, 9.17) is 16.3 Å². The highest BCUT2D eigenvalue weighted by Gasteiger charge is 2.08. The van der Waals surface area contributed by atoms with Crippen LogP contribution in [0.1, 0.15) is 32.3 Å². The summed E-state index contributed by atoms with van der Waals surface area (Å²) in [6.07, 6.45) is 4.43. The molecule has 0 radical (unpaired) electrons. The van der Waals surface area contributed by atoms with E-state index in [1.807, 2.05) is 12.1 Å². The molecular weight excluding hydrogens is 284 g/mol.